The number of anilines is 1. The van der Waals surface area contributed by atoms with E-state index in [9.17, 15) is 14.9 Å². The number of carbonyl (C=O) groups excluding carboxylic acids is 1. The third-order valence-corrected chi connectivity index (χ3v) is 4.16. The highest BCUT2D eigenvalue weighted by Crippen LogP contribution is 2.29. The number of nitrogens with zero attached hydrogens (tertiary/aromatic N) is 3. The number of thiophene rings is 1. The van der Waals surface area contributed by atoms with Crippen LogP contribution in [0.3, 0.4) is 0 Å². The number of amides is 1. The lowest BCUT2D eigenvalue weighted by Crippen LogP contribution is -2.13. The largest absolute Gasteiger partial charge is 0.495 e. The fourth-order valence-electron chi connectivity index (χ4n) is 2.21. The van der Waals surface area contributed by atoms with Crippen molar-refractivity contribution in [1.82, 2.24) is 10.1 Å². The SMILES string of the molecule is COc1ccc([N+](=O)[O-])cc1NC(=O)CCc1nc(-c2ccsc2)no1. The molecule has 0 atom stereocenters. The van der Waals surface area contributed by atoms with Gasteiger partial charge >= 0.3 is 0 Å². The summed E-state index contributed by atoms with van der Waals surface area (Å²) < 4.78 is 10.2. The van der Waals surface area contributed by atoms with Crippen LogP contribution in [0, 0.1) is 10.1 Å². The van der Waals surface area contributed by atoms with Gasteiger partial charge in [-0.25, -0.2) is 0 Å². The molecule has 0 fully saturated rings. The number of nitro benzene ring substituents is 1. The minimum Gasteiger partial charge on any atom is -0.495 e. The van der Waals surface area contributed by atoms with Crippen LogP contribution in [0.4, 0.5) is 11.4 Å². The molecule has 0 spiro atoms. The molecule has 0 saturated carbocycles. The van der Waals surface area contributed by atoms with Gasteiger partial charge in [0, 0.05) is 35.9 Å². The maximum absolute atomic E-state index is 12.1. The van der Waals surface area contributed by atoms with Gasteiger partial charge in [-0.15, -0.1) is 0 Å². The first-order valence-electron chi connectivity index (χ1n) is 7.54. The van der Waals surface area contributed by atoms with Gasteiger partial charge in [-0.2, -0.15) is 16.3 Å². The van der Waals surface area contributed by atoms with Crippen molar-refractivity contribution in [1.29, 1.82) is 0 Å². The van der Waals surface area contributed by atoms with Crippen molar-refractivity contribution in [3.05, 3.63) is 51.0 Å². The number of benzene rings is 1. The van der Waals surface area contributed by atoms with Crippen molar-refractivity contribution in [2.75, 3.05) is 12.4 Å². The van der Waals surface area contributed by atoms with E-state index in [1.165, 1.54) is 36.6 Å². The van der Waals surface area contributed by atoms with Crippen LogP contribution in [0.25, 0.3) is 11.4 Å². The summed E-state index contributed by atoms with van der Waals surface area (Å²) in [5.74, 6) is 0.801. The molecular weight excluding hydrogens is 360 g/mol. The summed E-state index contributed by atoms with van der Waals surface area (Å²) in [6.07, 6.45) is 0.331. The second-order valence-electron chi connectivity index (χ2n) is 5.21. The van der Waals surface area contributed by atoms with Crippen LogP contribution in [-0.2, 0) is 11.2 Å². The van der Waals surface area contributed by atoms with Gasteiger partial charge in [0.25, 0.3) is 5.69 Å². The molecule has 0 aliphatic heterocycles. The van der Waals surface area contributed by atoms with Gasteiger partial charge in [0.1, 0.15) is 5.75 Å². The van der Waals surface area contributed by atoms with Gasteiger partial charge in [0.2, 0.25) is 17.6 Å². The summed E-state index contributed by atoms with van der Waals surface area (Å²) in [7, 11) is 1.42. The molecule has 1 amide bonds. The minimum atomic E-state index is -0.542. The highest BCUT2D eigenvalue weighted by Gasteiger charge is 2.15. The molecule has 3 aromatic rings. The lowest BCUT2D eigenvalue weighted by Gasteiger charge is -2.09. The average Bonchev–Trinajstić information content (AvgIpc) is 3.31. The Balaban J connectivity index is 1.62. The molecule has 26 heavy (non-hydrogen) atoms. The van der Waals surface area contributed by atoms with Crippen LogP contribution in [0.5, 0.6) is 5.75 Å². The number of aromatic nitrogens is 2. The maximum atomic E-state index is 12.1. The summed E-state index contributed by atoms with van der Waals surface area (Å²) in [6.45, 7) is 0. The summed E-state index contributed by atoms with van der Waals surface area (Å²) in [5, 5.41) is 21.2. The number of hydrogen-bond donors (Lipinski definition) is 1. The summed E-state index contributed by atoms with van der Waals surface area (Å²) in [5.41, 5.74) is 0.949. The van der Waals surface area contributed by atoms with Gasteiger partial charge in [-0.1, -0.05) is 5.16 Å². The predicted molar refractivity (Wildman–Crippen MR) is 94.2 cm³/mol. The number of nitrogens with one attached hydrogen (secondary N) is 1. The monoisotopic (exact) mass is 374 g/mol. The second-order valence-corrected chi connectivity index (χ2v) is 5.99. The van der Waals surface area contributed by atoms with Crippen LogP contribution in [-0.4, -0.2) is 28.1 Å². The van der Waals surface area contributed by atoms with Crippen LogP contribution in [0.1, 0.15) is 12.3 Å². The number of methoxy groups -OCH3 is 1. The van der Waals surface area contributed by atoms with E-state index in [0.29, 0.717) is 17.5 Å². The Bertz CT molecular complexity index is 923. The molecule has 2 aromatic heterocycles. The van der Waals surface area contributed by atoms with Crippen LogP contribution < -0.4 is 10.1 Å². The molecule has 0 aliphatic rings. The van der Waals surface area contributed by atoms with E-state index in [1.54, 1.807) is 0 Å². The minimum absolute atomic E-state index is 0.0805. The van der Waals surface area contributed by atoms with Crippen molar-refractivity contribution < 1.29 is 19.0 Å². The first kappa shape index (κ1) is 17.5. The fourth-order valence-corrected chi connectivity index (χ4v) is 2.84. The van der Waals surface area contributed by atoms with E-state index in [1.807, 2.05) is 16.8 Å². The second kappa shape index (κ2) is 7.74. The Kier molecular flexibility index (Phi) is 5.23. The molecule has 10 heteroatoms. The maximum Gasteiger partial charge on any atom is 0.271 e. The quantitative estimate of drug-likeness (QED) is 0.497. The van der Waals surface area contributed by atoms with Crippen LogP contribution >= 0.6 is 11.3 Å². The van der Waals surface area contributed by atoms with Crippen molar-refractivity contribution in [2.24, 2.45) is 0 Å². The topological polar surface area (TPSA) is 120 Å². The van der Waals surface area contributed by atoms with Crippen molar-refractivity contribution in [3.8, 4) is 17.1 Å². The Morgan fingerprint density at radius 3 is 2.96 bits per heavy atom. The van der Waals surface area contributed by atoms with Crippen molar-refractivity contribution in [2.45, 2.75) is 12.8 Å². The third kappa shape index (κ3) is 4.03. The smallest absolute Gasteiger partial charge is 0.271 e. The zero-order chi connectivity index (χ0) is 18.5. The molecule has 1 N–H and O–H groups in total. The van der Waals surface area contributed by atoms with E-state index >= 15 is 0 Å². The molecule has 3 rings (SSSR count). The molecule has 0 aliphatic carbocycles. The number of rotatable bonds is 7. The van der Waals surface area contributed by atoms with Gasteiger partial charge in [0.15, 0.2) is 0 Å². The summed E-state index contributed by atoms with van der Waals surface area (Å²) >= 11 is 1.52. The van der Waals surface area contributed by atoms with Crippen molar-refractivity contribution in [3.63, 3.8) is 0 Å². The number of carbonyl (C=O) groups is 1. The standard InChI is InChI=1S/C16H14N4O5S/c1-24-13-3-2-11(20(22)23)8-12(13)17-14(21)4-5-15-18-16(19-25-15)10-6-7-26-9-10/h2-3,6-9H,4-5H2,1H3,(H,17,21). The highest BCUT2D eigenvalue weighted by atomic mass is 32.1. The molecule has 2 heterocycles. The first-order chi connectivity index (χ1) is 12.6. The van der Waals surface area contributed by atoms with Gasteiger partial charge in [0.05, 0.1) is 17.7 Å². The number of hydrogen-bond acceptors (Lipinski definition) is 8. The van der Waals surface area contributed by atoms with E-state index in [-0.39, 0.29) is 30.1 Å². The molecule has 1 aromatic carbocycles. The van der Waals surface area contributed by atoms with E-state index in [0.717, 1.165) is 5.56 Å². The number of ether oxygens (including phenoxy) is 1. The third-order valence-electron chi connectivity index (χ3n) is 3.48. The molecule has 0 radical (unpaired) electrons. The Morgan fingerprint density at radius 1 is 1.42 bits per heavy atom. The van der Waals surface area contributed by atoms with Crippen molar-refractivity contribution >= 4 is 28.6 Å². The molecule has 9 nitrogen and oxygen atoms in total. The molecule has 0 saturated heterocycles. The zero-order valence-electron chi connectivity index (χ0n) is 13.7. The Morgan fingerprint density at radius 2 is 2.27 bits per heavy atom. The number of non-ortho nitro benzene ring substituents is 1. The van der Waals surface area contributed by atoms with Gasteiger partial charge in [-0.3, -0.25) is 14.9 Å². The first-order valence-corrected chi connectivity index (χ1v) is 8.48. The fraction of sp³-hybridized carbons (Fsp3) is 0.188. The zero-order valence-corrected chi connectivity index (χ0v) is 14.5. The molecule has 0 unspecified atom stereocenters. The highest BCUT2D eigenvalue weighted by molar-refractivity contribution is 7.08. The lowest BCUT2D eigenvalue weighted by molar-refractivity contribution is -0.384. The van der Waals surface area contributed by atoms with Gasteiger partial charge < -0.3 is 14.6 Å². The Hall–Kier alpha value is -3.27. The van der Waals surface area contributed by atoms with Crippen LogP contribution in [0.2, 0.25) is 0 Å². The van der Waals surface area contributed by atoms with E-state index in [2.05, 4.69) is 15.5 Å². The number of nitro groups is 1. The normalized spacial score (nSPS) is 10.5. The van der Waals surface area contributed by atoms with Crippen LogP contribution in [0.15, 0.2) is 39.5 Å². The molecule has 134 valence electrons. The lowest BCUT2D eigenvalue weighted by atomic mass is 10.2. The average molecular weight is 374 g/mol. The van der Waals surface area contributed by atoms with E-state index < -0.39 is 4.92 Å². The van der Waals surface area contributed by atoms with E-state index in [4.69, 9.17) is 9.26 Å². The summed E-state index contributed by atoms with van der Waals surface area (Å²) in [6, 6.07) is 5.86. The molecule has 0 bridgehead atoms. The Labute approximate surface area is 151 Å². The van der Waals surface area contributed by atoms with Gasteiger partial charge in [-0.05, 0) is 17.5 Å². The summed E-state index contributed by atoms with van der Waals surface area (Å²) in [4.78, 5) is 26.7. The molecular formula is C16H14N4O5S. The number of aryl methyl sites for hydroxylation is 1. The predicted octanol–water partition coefficient (Wildman–Crippen LogP) is 3.29.